The number of carbonyl (C=O) groups excluding carboxylic acids is 1. The normalized spacial score (nSPS) is 20.4. The van der Waals surface area contributed by atoms with Gasteiger partial charge in [-0.05, 0) is 64.6 Å². The van der Waals surface area contributed by atoms with Crippen LogP contribution >= 0.6 is 11.6 Å². The lowest BCUT2D eigenvalue weighted by Crippen LogP contribution is -2.47. The van der Waals surface area contributed by atoms with E-state index >= 15 is 0 Å². The summed E-state index contributed by atoms with van der Waals surface area (Å²) in [5.41, 5.74) is 0.711. The summed E-state index contributed by atoms with van der Waals surface area (Å²) in [7, 11) is 0. The third-order valence-corrected chi connectivity index (χ3v) is 5.92. The summed E-state index contributed by atoms with van der Waals surface area (Å²) < 4.78 is 0. The molecule has 0 saturated carbocycles. The molecule has 0 N–H and O–H groups in total. The zero-order valence-corrected chi connectivity index (χ0v) is 18.1. The number of pyridine rings is 1. The first-order valence-electron chi connectivity index (χ1n) is 10.4. The van der Waals surface area contributed by atoms with E-state index < -0.39 is 5.41 Å². The summed E-state index contributed by atoms with van der Waals surface area (Å²) >= 11 is 5.88. The number of piperazine rings is 1. The van der Waals surface area contributed by atoms with Crippen molar-refractivity contribution in [2.75, 3.05) is 50.7 Å². The van der Waals surface area contributed by atoms with Crippen molar-refractivity contribution in [3.63, 3.8) is 0 Å². The molecular formula is C21H33ClN4O2. The minimum absolute atomic E-state index is 0.139. The quantitative estimate of drug-likeness (QED) is 0.695. The van der Waals surface area contributed by atoms with Crippen molar-refractivity contribution < 1.29 is 9.63 Å². The Morgan fingerprint density at radius 1 is 1.14 bits per heavy atom. The molecule has 3 heterocycles. The van der Waals surface area contributed by atoms with E-state index in [1.807, 2.05) is 44.2 Å². The Hall–Kier alpha value is -1.37. The fourth-order valence-corrected chi connectivity index (χ4v) is 3.81. The number of hydroxylamine groups is 2. The van der Waals surface area contributed by atoms with Gasteiger partial charge in [-0.3, -0.25) is 4.90 Å². The van der Waals surface area contributed by atoms with Crippen LogP contribution < -0.4 is 4.90 Å². The van der Waals surface area contributed by atoms with Gasteiger partial charge in [0.2, 0.25) is 0 Å². The van der Waals surface area contributed by atoms with E-state index in [1.54, 1.807) is 0 Å². The molecule has 156 valence electrons. The maximum atomic E-state index is 12.0. The number of carbonyl (C=O) groups is 1. The Balaban J connectivity index is 1.33. The molecule has 7 heteroatoms. The molecule has 2 aliphatic heterocycles. The van der Waals surface area contributed by atoms with Gasteiger partial charge >= 0.3 is 5.97 Å². The first-order valence-corrected chi connectivity index (χ1v) is 10.8. The highest BCUT2D eigenvalue weighted by atomic mass is 35.5. The number of nitrogens with zero attached hydrogens (tertiary/aromatic N) is 4. The van der Waals surface area contributed by atoms with E-state index in [0.717, 1.165) is 70.3 Å². The summed E-state index contributed by atoms with van der Waals surface area (Å²) in [5.74, 6) is 0.586. The molecule has 1 aromatic heterocycles. The summed E-state index contributed by atoms with van der Waals surface area (Å²) in [5, 5.41) is 2.39. The zero-order chi connectivity index (χ0) is 20.1. The SMILES string of the molecule is CC(C)(C)C(=O)ON1CCC(CCN2CCN(c3ccc(Cl)nc3)CC2)CC1. The van der Waals surface area contributed by atoms with Gasteiger partial charge in [0.15, 0.2) is 0 Å². The molecule has 0 aliphatic carbocycles. The van der Waals surface area contributed by atoms with Gasteiger partial charge in [-0.2, -0.15) is 0 Å². The van der Waals surface area contributed by atoms with E-state index in [4.69, 9.17) is 16.4 Å². The van der Waals surface area contributed by atoms with Crippen LogP contribution in [0.5, 0.6) is 0 Å². The van der Waals surface area contributed by atoms with Gasteiger partial charge in [-0.25, -0.2) is 9.78 Å². The number of hydrogen-bond donors (Lipinski definition) is 0. The van der Waals surface area contributed by atoms with Crippen LogP contribution in [0.1, 0.15) is 40.0 Å². The Morgan fingerprint density at radius 2 is 1.82 bits per heavy atom. The third kappa shape index (κ3) is 6.06. The average molecular weight is 409 g/mol. The zero-order valence-electron chi connectivity index (χ0n) is 17.4. The van der Waals surface area contributed by atoms with Crippen molar-refractivity contribution in [2.24, 2.45) is 11.3 Å². The molecule has 3 rings (SSSR count). The summed E-state index contributed by atoms with van der Waals surface area (Å²) in [6, 6.07) is 3.90. The van der Waals surface area contributed by atoms with Crippen LogP contribution in [0, 0.1) is 11.3 Å². The van der Waals surface area contributed by atoms with Crippen LogP contribution in [0.25, 0.3) is 0 Å². The second kappa shape index (κ2) is 9.42. The van der Waals surface area contributed by atoms with Crippen LogP contribution in [0.4, 0.5) is 5.69 Å². The average Bonchev–Trinajstić information content (AvgIpc) is 2.68. The third-order valence-electron chi connectivity index (χ3n) is 5.70. The van der Waals surface area contributed by atoms with E-state index in [9.17, 15) is 4.79 Å². The monoisotopic (exact) mass is 408 g/mol. The minimum Gasteiger partial charge on any atom is -0.368 e. The lowest BCUT2D eigenvalue weighted by molar-refractivity contribution is -0.206. The van der Waals surface area contributed by atoms with Crippen LogP contribution in [0.3, 0.4) is 0 Å². The molecule has 6 nitrogen and oxygen atoms in total. The van der Waals surface area contributed by atoms with Crippen molar-refractivity contribution in [2.45, 2.75) is 40.0 Å². The molecule has 0 atom stereocenters. The maximum absolute atomic E-state index is 12.0. The molecule has 28 heavy (non-hydrogen) atoms. The highest BCUT2D eigenvalue weighted by Crippen LogP contribution is 2.24. The highest BCUT2D eigenvalue weighted by molar-refractivity contribution is 6.29. The van der Waals surface area contributed by atoms with Gasteiger partial charge in [0.1, 0.15) is 5.15 Å². The van der Waals surface area contributed by atoms with Gasteiger partial charge in [0, 0.05) is 39.3 Å². The summed E-state index contributed by atoms with van der Waals surface area (Å²) in [6.07, 6.45) is 5.30. The standard InChI is InChI=1S/C21H33ClN4O2/c1-21(2,3)20(27)28-26-10-7-17(8-11-26)6-9-24-12-14-25(15-13-24)18-4-5-19(22)23-16-18/h4-5,16-17H,6-15H2,1-3H3. The molecular weight excluding hydrogens is 376 g/mol. The number of anilines is 1. The van der Waals surface area contributed by atoms with Crippen molar-refractivity contribution in [3.05, 3.63) is 23.5 Å². The molecule has 0 spiro atoms. The fourth-order valence-electron chi connectivity index (χ4n) is 3.69. The van der Waals surface area contributed by atoms with E-state index in [0.29, 0.717) is 5.15 Å². The summed E-state index contributed by atoms with van der Waals surface area (Å²) in [4.78, 5) is 26.7. The van der Waals surface area contributed by atoms with Crippen molar-refractivity contribution >= 4 is 23.3 Å². The molecule has 0 amide bonds. The van der Waals surface area contributed by atoms with Gasteiger partial charge < -0.3 is 9.74 Å². The molecule has 2 aliphatic rings. The van der Waals surface area contributed by atoms with Crippen LogP contribution in [0.15, 0.2) is 18.3 Å². The largest absolute Gasteiger partial charge is 0.368 e. The molecule has 0 bridgehead atoms. The second-order valence-electron chi connectivity index (χ2n) is 8.96. The van der Waals surface area contributed by atoms with Gasteiger partial charge in [-0.1, -0.05) is 11.6 Å². The second-order valence-corrected chi connectivity index (χ2v) is 9.34. The molecule has 0 unspecified atom stereocenters. The smallest absolute Gasteiger partial charge is 0.330 e. The maximum Gasteiger partial charge on any atom is 0.330 e. The molecule has 2 saturated heterocycles. The molecule has 2 fully saturated rings. The van der Waals surface area contributed by atoms with Gasteiger partial charge in [0.05, 0.1) is 17.3 Å². The summed E-state index contributed by atoms with van der Waals surface area (Å²) in [6.45, 7) is 12.8. The molecule has 0 aromatic carbocycles. The first-order chi connectivity index (χ1) is 13.3. The van der Waals surface area contributed by atoms with Crippen molar-refractivity contribution in [1.29, 1.82) is 0 Å². The Bertz CT molecular complexity index is 631. The lowest BCUT2D eigenvalue weighted by Gasteiger charge is -2.37. The van der Waals surface area contributed by atoms with E-state index in [2.05, 4.69) is 14.8 Å². The molecule has 1 aromatic rings. The first kappa shape index (κ1) is 21.3. The lowest BCUT2D eigenvalue weighted by atomic mass is 9.94. The predicted octanol–water partition coefficient (Wildman–Crippen LogP) is 3.46. The van der Waals surface area contributed by atoms with E-state index in [1.165, 1.54) is 6.42 Å². The fraction of sp³-hybridized carbons (Fsp3) is 0.714. The molecule has 0 radical (unpaired) electrons. The number of piperidine rings is 1. The van der Waals surface area contributed by atoms with Crippen LogP contribution in [0.2, 0.25) is 5.15 Å². The van der Waals surface area contributed by atoms with E-state index in [-0.39, 0.29) is 5.97 Å². The number of rotatable bonds is 5. The Kier molecular flexibility index (Phi) is 7.18. The number of aromatic nitrogens is 1. The highest BCUT2D eigenvalue weighted by Gasteiger charge is 2.28. The minimum atomic E-state index is -0.443. The predicted molar refractivity (Wildman–Crippen MR) is 112 cm³/mol. The Labute approximate surface area is 173 Å². The van der Waals surface area contributed by atoms with Crippen LogP contribution in [-0.2, 0) is 9.63 Å². The Morgan fingerprint density at radius 3 is 2.39 bits per heavy atom. The number of halogens is 1. The van der Waals surface area contributed by atoms with Crippen molar-refractivity contribution in [1.82, 2.24) is 14.9 Å². The van der Waals surface area contributed by atoms with Crippen molar-refractivity contribution in [3.8, 4) is 0 Å². The van der Waals surface area contributed by atoms with Gasteiger partial charge in [0.25, 0.3) is 0 Å². The number of hydrogen-bond acceptors (Lipinski definition) is 6. The topological polar surface area (TPSA) is 48.9 Å². The van der Waals surface area contributed by atoms with Gasteiger partial charge in [-0.15, -0.1) is 5.06 Å². The van der Waals surface area contributed by atoms with Crippen LogP contribution in [-0.4, -0.2) is 66.7 Å².